The average molecular weight is 377 g/mol. The Morgan fingerprint density at radius 1 is 1.18 bits per heavy atom. The van der Waals surface area contributed by atoms with Crippen molar-refractivity contribution in [1.29, 1.82) is 0 Å². The van der Waals surface area contributed by atoms with E-state index in [0.29, 0.717) is 24.7 Å². The molecule has 0 bridgehead atoms. The molecule has 1 amide bonds. The first-order valence-electron chi connectivity index (χ1n) is 9.04. The maximum absolute atomic E-state index is 12.3. The van der Waals surface area contributed by atoms with Crippen LogP contribution in [0.3, 0.4) is 0 Å². The van der Waals surface area contributed by atoms with E-state index >= 15 is 0 Å². The first-order valence-corrected chi connectivity index (χ1v) is 9.04. The van der Waals surface area contributed by atoms with Crippen LogP contribution in [0.4, 0.5) is 5.69 Å². The second-order valence-electron chi connectivity index (χ2n) is 6.07. The number of hydrogen-bond donors (Lipinski definition) is 1. The summed E-state index contributed by atoms with van der Waals surface area (Å²) in [6, 6.07) is 15.1. The van der Waals surface area contributed by atoms with Crippen LogP contribution in [0.2, 0.25) is 0 Å². The fraction of sp³-hybridized carbons (Fsp3) is 0.182. The number of nitrogens with one attached hydrogen (secondary N) is 1. The number of carbonyl (C=O) groups is 1. The second-order valence-corrected chi connectivity index (χ2v) is 6.07. The van der Waals surface area contributed by atoms with Crippen LogP contribution in [-0.4, -0.2) is 29.4 Å². The molecule has 0 radical (unpaired) electrons. The molecule has 1 heterocycles. The van der Waals surface area contributed by atoms with Crippen LogP contribution in [0, 0.1) is 0 Å². The minimum absolute atomic E-state index is 0.204. The normalized spacial score (nSPS) is 10.8. The number of rotatable bonds is 8. The Hall–Kier alpha value is -3.54. The average Bonchev–Trinajstić information content (AvgIpc) is 3.20. The maximum Gasteiger partial charge on any atom is 0.248 e. The smallest absolute Gasteiger partial charge is 0.248 e. The van der Waals surface area contributed by atoms with Gasteiger partial charge in [-0.25, -0.2) is 0 Å². The Morgan fingerprint density at radius 2 is 2.07 bits per heavy atom. The van der Waals surface area contributed by atoms with Crippen LogP contribution in [0.15, 0.2) is 67.0 Å². The minimum Gasteiger partial charge on any atom is -0.493 e. The Bertz CT molecular complexity index is 949. The van der Waals surface area contributed by atoms with Gasteiger partial charge in [0, 0.05) is 24.2 Å². The summed E-state index contributed by atoms with van der Waals surface area (Å²) in [6.45, 7) is 3.10. The highest BCUT2D eigenvalue weighted by Gasteiger charge is 2.05. The highest BCUT2D eigenvalue weighted by Crippen LogP contribution is 2.28. The van der Waals surface area contributed by atoms with Crippen LogP contribution in [0.1, 0.15) is 18.1 Å². The number of hydrogen-bond acceptors (Lipinski definition) is 4. The first kappa shape index (κ1) is 19.2. The van der Waals surface area contributed by atoms with Crippen molar-refractivity contribution in [2.75, 3.05) is 19.0 Å². The van der Waals surface area contributed by atoms with E-state index in [1.807, 2.05) is 66.3 Å². The number of benzene rings is 2. The van der Waals surface area contributed by atoms with E-state index in [1.54, 1.807) is 19.4 Å². The van der Waals surface area contributed by atoms with Crippen LogP contribution < -0.4 is 14.8 Å². The van der Waals surface area contributed by atoms with Crippen molar-refractivity contribution in [3.05, 3.63) is 78.1 Å². The lowest BCUT2D eigenvalue weighted by molar-refractivity contribution is -0.111. The summed E-state index contributed by atoms with van der Waals surface area (Å²) in [4.78, 5) is 12.3. The largest absolute Gasteiger partial charge is 0.493 e. The molecule has 0 fully saturated rings. The molecule has 2 aromatic carbocycles. The van der Waals surface area contributed by atoms with Gasteiger partial charge in [0.1, 0.15) is 0 Å². The predicted octanol–water partition coefficient (Wildman–Crippen LogP) is 3.99. The van der Waals surface area contributed by atoms with Crippen molar-refractivity contribution < 1.29 is 14.3 Å². The Morgan fingerprint density at radius 3 is 2.82 bits per heavy atom. The van der Waals surface area contributed by atoms with E-state index < -0.39 is 0 Å². The molecule has 0 saturated heterocycles. The van der Waals surface area contributed by atoms with Gasteiger partial charge in [-0.2, -0.15) is 5.10 Å². The Labute approximate surface area is 164 Å². The van der Waals surface area contributed by atoms with E-state index in [1.165, 1.54) is 6.08 Å². The van der Waals surface area contributed by atoms with Gasteiger partial charge in [-0.15, -0.1) is 0 Å². The lowest BCUT2D eigenvalue weighted by Crippen LogP contribution is -2.08. The van der Waals surface area contributed by atoms with Gasteiger partial charge < -0.3 is 14.8 Å². The van der Waals surface area contributed by atoms with E-state index in [-0.39, 0.29) is 5.91 Å². The lowest BCUT2D eigenvalue weighted by atomic mass is 10.1. The molecular formula is C22H23N3O3. The van der Waals surface area contributed by atoms with Gasteiger partial charge in [0.05, 0.1) is 20.3 Å². The molecule has 0 aliphatic rings. The van der Waals surface area contributed by atoms with E-state index in [4.69, 9.17) is 9.47 Å². The zero-order valence-electron chi connectivity index (χ0n) is 16.0. The quantitative estimate of drug-likeness (QED) is 0.603. The fourth-order valence-electron chi connectivity index (χ4n) is 2.75. The third-order valence-electron chi connectivity index (χ3n) is 4.01. The van der Waals surface area contributed by atoms with Crippen LogP contribution >= 0.6 is 0 Å². The van der Waals surface area contributed by atoms with Gasteiger partial charge in [0.25, 0.3) is 0 Å². The molecule has 0 spiro atoms. The third-order valence-corrected chi connectivity index (χ3v) is 4.01. The van der Waals surface area contributed by atoms with E-state index in [2.05, 4.69) is 10.4 Å². The molecule has 3 rings (SSSR count). The van der Waals surface area contributed by atoms with E-state index in [0.717, 1.165) is 16.8 Å². The standard InChI is InChI=1S/C22H23N3O3/c1-3-28-21-15-17(8-10-20(21)27-2)9-11-22(26)24-19-7-4-6-18(14-19)16-25-13-5-12-23-25/h4-15H,3,16H2,1-2H3,(H,24,26)/b11-9+. The summed E-state index contributed by atoms with van der Waals surface area (Å²) in [5.41, 5.74) is 2.65. The van der Waals surface area contributed by atoms with Crippen LogP contribution in [0.25, 0.3) is 6.08 Å². The molecule has 1 aromatic heterocycles. The number of nitrogens with zero attached hydrogens (tertiary/aromatic N) is 2. The number of amides is 1. The highest BCUT2D eigenvalue weighted by molar-refractivity contribution is 6.02. The molecule has 0 atom stereocenters. The fourth-order valence-corrected chi connectivity index (χ4v) is 2.75. The van der Waals surface area contributed by atoms with Gasteiger partial charge in [-0.05, 0) is 54.5 Å². The van der Waals surface area contributed by atoms with E-state index in [9.17, 15) is 4.79 Å². The van der Waals surface area contributed by atoms with Gasteiger partial charge in [-0.1, -0.05) is 18.2 Å². The van der Waals surface area contributed by atoms with Crippen molar-refractivity contribution in [3.63, 3.8) is 0 Å². The van der Waals surface area contributed by atoms with Crippen molar-refractivity contribution in [1.82, 2.24) is 9.78 Å². The summed E-state index contributed by atoms with van der Waals surface area (Å²) in [7, 11) is 1.60. The maximum atomic E-state index is 12.3. The molecule has 0 aliphatic carbocycles. The molecule has 6 heteroatoms. The SMILES string of the molecule is CCOc1cc(/C=C/C(=O)Nc2cccc(Cn3cccn3)c2)ccc1OC. The lowest BCUT2D eigenvalue weighted by Gasteiger charge is -2.09. The third kappa shape index (κ3) is 5.23. The Balaban J connectivity index is 1.64. The number of aromatic nitrogens is 2. The molecule has 0 unspecified atom stereocenters. The number of anilines is 1. The van der Waals surface area contributed by atoms with Crippen LogP contribution in [-0.2, 0) is 11.3 Å². The van der Waals surface area contributed by atoms with Crippen molar-refractivity contribution in [2.45, 2.75) is 13.5 Å². The van der Waals surface area contributed by atoms with Crippen molar-refractivity contribution in [3.8, 4) is 11.5 Å². The molecule has 6 nitrogen and oxygen atoms in total. The first-order chi connectivity index (χ1) is 13.7. The van der Waals surface area contributed by atoms with Crippen LogP contribution in [0.5, 0.6) is 11.5 Å². The van der Waals surface area contributed by atoms with Gasteiger partial charge in [0.2, 0.25) is 5.91 Å². The molecule has 1 N–H and O–H groups in total. The summed E-state index contributed by atoms with van der Waals surface area (Å²) >= 11 is 0. The van der Waals surface area contributed by atoms with Gasteiger partial charge in [0.15, 0.2) is 11.5 Å². The Kier molecular flexibility index (Phi) is 6.46. The van der Waals surface area contributed by atoms with Crippen molar-refractivity contribution >= 4 is 17.7 Å². The molecule has 28 heavy (non-hydrogen) atoms. The molecular weight excluding hydrogens is 354 g/mol. The van der Waals surface area contributed by atoms with Gasteiger partial charge >= 0.3 is 0 Å². The summed E-state index contributed by atoms with van der Waals surface area (Å²) in [5, 5.41) is 7.08. The molecule has 3 aromatic rings. The zero-order chi connectivity index (χ0) is 19.8. The second kappa shape index (κ2) is 9.41. The summed E-state index contributed by atoms with van der Waals surface area (Å²) < 4.78 is 12.7. The number of methoxy groups -OCH3 is 1. The van der Waals surface area contributed by atoms with Gasteiger partial charge in [-0.3, -0.25) is 9.48 Å². The summed E-state index contributed by atoms with van der Waals surface area (Å²) in [5.74, 6) is 1.11. The summed E-state index contributed by atoms with van der Waals surface area (Å²) in [6.07, 6.45) is 6.88. The molecule has 144 valence electrons. The minimum atomic E-state index is -0.204. The topological polar surface area (TPSA) is 65.4 Å². The highest BCUT2D eigenvalue weighted by atomic mass is 16.5. The monoisotopic (exact) mass is 377 g/mol. The predicted molar refractivity (Wildman–Crippen MR) is 110 cm³/mol. The molecule has 0 aliphatic heterocycles. The molecule has 0 saturated carbocycles. The number of carbonyl (C=O) groups excluding carboxylic acids is 1. The van der Waals surface area contributed by atoms with Crippen molar-refractivity contribution in [2.24, 2.45) is 0 Å². The number of ether oxygens (including phenoxy) is 2. The zero-order valence-corrected chi connectivity index (χ0v) is 16.0.